The van der Waals surface area contributed by atoms with Gasteiger partial charge in [0.15, 0.2) is 0 Å². The number of ether oxygens (including phenoxy) is 2. The van der Waals surface area contributed by atoms with Gasteiger partial charge in [0.05, 0.1) is 30.8 Å². The van der Waals surface area contributed by atoms with E-state index >= 15 is 0 Å². The molecule has 1 fully saturated rings. The highest BCUT2D eigenvalue weighted by atomic mass is 16.5. The average Bonchev–Trinajstić information content (AvgIpc) is 3.18. The van der Waals surface area contributed by atoms with Crippen molar-refractivity contribution >= 4 is 28.8 Å². The zero-order chi connectivity index (χ0) is 19.9. The molecule has 0 saturated carbocycles. The molecule has 4 rings (SSSR count). The maximum Gasteiger partial charge on any atom is 0.229 e. The van der Waals surface area contributed by atoms with Gasteiger partial charge >= 0.3 is 0 Å². The summed E-state index contributed by atoms with van der Waals surface area (Å²) in [5.41, 5.74) is 5.72. The number of hydrogen-bond acceptors (Lipinski definition) is 8. The van der Waals surface area contributed by atoms with Crippen LogP contribution >= 0.6 is 0 Å². The van der Waals surface area contributed by atoms with Crippen molar-refractivity contribution in [1.29, 1.82) is 0 Å². The lowest BCUT2D eigenvalue weighted by molar-refractivity contribution is 0.122. The molecule has 2 aromatic heterocycles. The first kappa shape index (κ1) is 19.2. The Morgan fingerprint density at radius 1 is 1.28 bits per heavy atom. The highest BCUT2D eigenvalue weighted by Crippen LogP contribution is 2.22. The van der Waals surface area contributed by atoms with Crippen LogP contribution in [-0.2, 0) is 4.74 Å². The molecule has 1 aliphatic heterocycles. The Balaban J connectivity index is 1.52. The van der Waals surface area contributed by atoms with Gasteiger partial charge in [0, 0.05) is 42.8 Å². The van der Waals surface area contributed by atoms with Gasteiger partial charge in [-0.2, -0.15) is 10.1 Å². The third kappa shape index (κ3) is 4.82. The highest BCUT2D eigenvalue weighted by molar-refractivity contribution is 5.92. The van der Waals surface area contributed by atoms with E-state index in [1.807, 2.05) is 37.5 Å². The molecule has 3 aromatic rings. The van der Waals surface area contributed by atoms with E-state index in [0.717, 1.165) is 36.2 Å². The number of fused-ring (bicyclic) bond motifs is 1. The van der Waals surface area contributed by atoms with E-state index in [1.165, 1.54) is 0 Å². The Hall–Kier alpha value is -3.17. The van der Waals surface area contributed by atoms with Crippen LogP contribution in [0.2, 0.25) is 0 Å². The lowest BCUT2D eigenvalue weighted by Gasteiger charge is -2.27. The molecule has 29 heavy (non-hydrogen) atoms. The number of H-pyrrole nitrogens is 1. The fourth-order valence-electron chi connectivity index (χ4n) is 3.06. The number of aromatic amines is 1. The van der Waals surface area contributed by atoms with Gasteiger partial charge < -0.3 is 24.7 Å². The van der Waals surface area contributed by atoms with Crippen LogP contribution in [0.25, 0.3) is 10.9 Å². The Morgan fingerprint density at radius 3 is 3.00 bits per heavy atom. The van der Waals surface area contributed by atoms with Crippen molar-refractivity contribution in [3.63, 3.8) is 0 Å². The summed E-state index contributed by atoms with van der Waals surface area (Å²) >= 11 is 0. The van der Waals surface area contributed by atoms with Gasteiger partial charge in [0.2, 0.25) is 11.8 Å². The zero-order valence-electron chi connectivity index (χ0n) is 16.4. The number of para-hydroxylation sites is 1. The van der Waals surface area contributed by atoms with E-state index in [-0.39, 0.29) is 0 Å². The molecule has 0 amide bonds. The van der Waals surface area contributed by atoms with Crippen molar-refractivity contribution in [3.05, 3.63) is 42.2 Å². The van der Waals surface area contributed by atoms with E-state index in [2.05, 4.69) is 35.7 Å². The van der Waals surface area contributed by atoms with Crippen molar-refractivity contribution in [1.82, 2.24) is 20.3 Å². The molecule has 9 nitrogen and oxygen atoms in total. The molecule has 1 saturated heterocycles. The van der Waals surface area contributed by atoms with Gasteiger partial charge in [-0.1, -0.05) is 18.2 Å². The molecular formula is C20H25N7O2. The van der Waals surface area contributed by atoms with Crippen LogP contribution in [0.5, 0.6) is 5.88 Å². The minimum absolute atomic E-state index is 0.528. The highest BCUT2D eigenvalue weighted by Gasteiger charge is 2.16. The molecule has 1 aliphatic rings. The average molecular weight is 395 g/mol. The van der Waals surface area contributed by atoms with E-state index in [1.54, 1.807) is 12.3 Å². The number of hydrazone groups is 1. The molecule has 0 spiro atoms. The van der Waals surface area contributed by atoms with Crippen molar-refractivity contribution in [3.8, 4) is 5.88 Å². The van der Waals surface area contributed by atoms with Crippen LogP contribution in [0.15, 0.2) is 41.6 Å². The number of likely N-dealkylation sites (N-methyl/N-ethyl adjacent to an activating group) is 1. The second-order valence-corrected chi connectivity index (χ2v) is 6.60. The molecule has 0 bridgehead atoms. The molecule has 0 unspecified atom stereocenters. The molecule has 152 valence electrons. The predicted molar refractivity (Wildman–Crippen MR) is 114 cm³/mol. The fraction of sp³-hybridized carbons (Fsp3) is 0.350. The van der Waals surface area contributed by atoms with Gasteiger partial charge in [-0.05, 0) is 13.1 Å². The summed E-state index contributed by atoms with van der Waals surface area (Å²) in [5, 5.41) is 8.50. The van der Waals surface area contributed by atoms with E-state index in [0.29, 0.717) is 37.3 Å². The molecule has 1 aromatic carbocycles. The first-order valence-electron chi connectivity index (χ1n) is 9.68. The van der Waals surface area contributed by atoms with Crippen LogP contribution in [-0.4, -0.2) is 67.7 Å². The lowest BCUT2D eigenvalue weighted by atomic mass is 10.2. The number of morpholine rings is 1. The summed E-state index contributed by atoms with van der Waals surface area (Å²) in [4.78, 5) is 14.5. The molecular weight excluding hydrogens is 370 g/mol. The molecule has 0 atom stereocenters. The van der Waals surface area contributed by atoms with Crippen molar-refractivity contribution in [2.45, 2.75) is 0 Å². The number of nitrogens with zero attached hydrogens (tertiary/aromatic N) is 4. The summed E-state index contributed by atoms with van der Waals surface area (Å²) < 4.78 is 11.2. The number of aromatic nitrogens is 3. The Kier molecular flexibility index (Phi) is 6.18. The zero-order valence-corrected chi connectivity index (χ0v) is 16.4. The van der Waals surface area contributed by atoms with Crippen molar-refractivity contribution < 1.29 is 9.47 Å². The lowest BCUT2D eigenvalue weighted by Crippen LogP contribution is -2.37. The monoisotopic (exact) mass is 395 g/mol. The Morgan fingerprint density at radius 2 is 2.14 bits per heavy atom. The van der Waals surface area contributed by atoms with E-state index in [4.69, 9.17) is 9.47 Å². The van der Waals surface area contributed by atoms with Crippen LogP contribution in [0.3, 0.4) is 0 Å². The quantitative estimate of drug-likeness (QED) is 0.304. The Labute approximate surface area is 169 Å². The SMILES string of the molecule is CNCCOc1cc(/C=N/Nc2c[nH]c3ccccc23)nc(N2CCOCC2)n1. The fourth-order valence-corrected chi connectivity index (χ4v) is 3.06. The number of rotatable bonds is 8. The second-order valence-electron chi connectivity index (χ2n) is 6.60. The number of benzene rings is 1. The Bertz CT molecular complexity index is 966. The number of nitrogens with one attached hydrogen (secondary N) is 3. The van der Waals surface area contributed by atoms with Crippen LogP contribution in [0.1, 0.15) is 5.69 Å². The van der Waals surface area contributed by atoms with E-state index < -0.39 is 0 Å². The van der Waals surface area contributed by atoms with Gasteiger partial charge in [-0.3, -0.25) is 5.43 Å². The topological polar surface area (TPSA) is 99.7 Å². The third-order valence-electron chi connectivity index (χ3n) is 4.58. The summed E-state index contributed by atoms with van der Waals surface area (Å²) in [6.07, 6.45) is 3.58. The van der Waals surface area contributed by atoms with E-state index in [9.17, 15) is 0 Å². The second kappa shape index (κ2) is 9.35. The minimum atomic E-state index is 0.528. The first-order valence-corrected chi connectivity index (χ1v) is 9.68. The largest absolute Gasteiger partial charge is 0.476 e. The standard InChI is InChI=1S/C20H25N7O2/c1-21-6-9-29-19-12-15(24-20(25-19)27-7-10-28-11-8-27)13-23-26-18-14-22-17-5-3-2-4-16(17)18/h2-5,12-14,21-22,26H,6-11H2,1H3/b23-13+. The molecule has 0 aliphatic carbocycles. The van der Waals surface area contributed by atoms with Crippen molar-refractivity contribution in [2.75, 3.05) is 56.8 Å². The number of anilines is 2. The van der Waals surface area contributed by atoms with Gasteiger partial charge in [0.25, 0.3) is 0 Å². The maximum atomic E-state index is 5.77. The summed E-state index contributed by atoms with van der Waals surface area (Å²) in [6.45, 7) is 4.11. The molecule has 3 heterocycles. The summed E-state index contributed by atoms with van der Waals surface area (Å²) in [5.74, 6) is 1.16. The summed E-state index contributed by atoms with van der Waals surface area (Å²) in [6, 6.07) is 9.85. The molecule has 3 N–H and O–H groups in total. The van der Waals surface area contributed by atoms with Crippen LogP contribution < -0.4 is 20.4 Å². The molecule has 9 heteroatoms. The van der Waals surface area contributed by atoms with Gasteiger partial charge in [-0.25, -0.2) is 4.98 Å². The smallest absolute Gasteiger partial charge is 0.229 e. The minimum Gasteiger partial charge on any atom is -0.476 e. The van der Waals surface area contributed by atoms with Gasteiger partial charge in [-0.15, -0.1) is 0 Å². The number of hydrogen-bond donors (Lipinski definition) is 3. The van der Waals surface area contributed by atoms with Crippen LogP contribution in [0.4, 0.5) is 11.6 Å². The molecule has 0 radical (unpaired) electrons. The normalized spacial score (nSPS) is 14.6. The van der Waals surface area contributed by atoms with Gasteiger partial charge in [0.1, 0.15) is 6.61 Å². The third-order valence-corrected chi connectivity index (χ3v) is 4.58. The van der Waals surface area contributed by atoms with Crippen molar-refractivity contribution in [2.24, 2.45) is 5.10 Å². The first-order chi connectivity index (χ1) is 14.3. The summed E-state index contributed by atoms with van der Waals surface area (Å²) in [7, 11) is 1.89. The predicted octanol–water partition coefficient (Wildman–Crippen LogP) is 1.84. The maximum absolute atomic E-state index is 5.77. The van der Waals surface area contributed by atoms with Crippen LogP contribution in [0, 0.1) is 0 Å².